The number of nitrogens with zero attached hydrogens (tertiary/aromatic N) is 3. The molecule has 0 amide bonds. The fourth-order valence-corrected chi connectivity index (χ4v) is 2.29. The molecule has 102 valence electrons. The van der Waals surface area contributed by atoms with Gasteiger partial charge in [0.05, 0.1) is 46.8 Å². The molecule has 0 aromatic carbocycles. The van der Waals surface area contributed by atoms with Gasteiger partial charge in [0, 0.05) is 13.3 Å². The zero-order chi connectivity index (χ0) is 13.8. The van der Waals surface area contributed by atoms with E-state index in [1.54, 1.807) is 36.3 Å². The summed E-state index contributed by atoms with van der Waals surface area (Å²) < 4.78 is 6.74. The van der Waals surface area contributed by atoms with Crippen molar-refractivity contribution in [1.29, 1.82) is 0 Å². The Morgan fingerprint density at radius 1 is 1.42 bits per heavy atom. The molecular weight excluding hydrogens is 287 g/mol. The molecule has 0 aliphatic heterocycles. The molecule has 0 fully saturated rings. The van der Waals surface area contributed by atoms with Crippen molar-refractivity contribution in [3.8, 4) is 0 Å². The standard InChI is InChI=1S/C12H14Cl2N4O/c1-19-6-5-18-12(9(14)7-17-18)10(15)11-8(13)3-2-4-16-11/h2-4,7,10H,5-6,15H2,1H3. The zero-order valence-electron chi connectivity index (χ0n) is 10.4. The van der Waals surface area contributed by atoms with Gasteiger partial charge in [0.1, 0.15) is 0 Å². The van der Waals surface area contributed by atoms with Gasteiger partial charge in [0.15, 0.2) is 0 Å². The van der Waals surface area contributed by atoms with E-state index in [1.807, 2.05) is 0 Å². The number of hydrogen-bond acceptors (Lipinski definition) is 4. The third-order valence-electron chi connectivity index (χ3n) is 2.72. The zero-order valence-corrected chi connectivity index (χ0v) is 11.9. The highest BCUT2D eigenvalue weighted by Crippen LogP contribution is 2.28. The Morgan fingerprint density at radius 3 is 2.89 bits per heavy atom. The maximum atomic E-state index is 6.20. The number of halogens is 2. The lowest BCUT2D eigenvalue weighted by Gasteiger charge is -2.15. The molecule has 1 unspecified atom stereocenters. The first-order valence-electron chi connectivity index (χ1n) is 5.71. The van der Waals surface area contributed by atoms with Crippen molar-refractivity contribution in [3.63, 3.8) is 0 Å². The van der Waals surface area contributed by atoms with Gasteiger partial charge in [-0.25, -0.2) is 0 Å². The van der Waals surface area contributed by atoms with Crippen molar-refractivity contribution in [2.45, 2.75) is 12.6 Å². The molecule has 5 nitrogen and oxygen atoms in total. The Labute approximate surface area is 121 Å². The Balaban J connectivity index is 2.35. The maximum Gasteiger partial charge on any atom is 0.0927 e. The molecule has 1 atom stereocenters. The molecule has 0 spiro atoms. The van der Waals surface area contributed by atoms with Crippen LogP contribution in [0.1, 0.15) is 17.4 Å². The normalized spacial score (nSPS) is 12.6. The second kappa shape index (κ2) is 6.34. The van der Waals surface area contributed by atoms with Crippen LogP contribution in [0.2, 0.25) is 10.0 Å². The van der Waals surface area contributed by atoms with Crippen LogP contribution in [0.3, 0.4) is 0 Å². The van der Waals surface area contributed by atoms with Crippen LogP contribution >= 0.6 is 23.2 Å². The van der Waals surface area contributed by atoms with Crippen LogP contribution in [0, 0.1) is 0 Å². The molecule has 19 heavy (non-hydrogen) atoms. The third kappa shape index (κ3) is 3.06. The van der Waals surface area contributed by atoms with Crippen LogP contribution in [0.25, 0.3) is 0 Å². The quantitative estimate of drug-likeness (QED) is 0.920. The van der Waals surface area contributed by atoms with Crippen LogP contribution in [-0.2, 0) is 11.3 Å². The van der Waals surface area contributed by atoms with Gasteiger partial charge >= 0.3 is 0 Å². The van der Waals surface area contributed by atoms with Gasteiger partial charge in [-0.2, -0.15) is 5.10 Å². The molecule has 0 saturated heterocycles. The summed E-state index contributed by atoms with van der Waals surface area (Å²) in [5.41, 5.74) is 7.46. The minimum absolute atomic E-state index is 0.491. The Kier molecular flexibility index (Phi) is 4.76. The Hall–Kier alpha value is -1.14. The molecule has 2 aromatic heterocycles. The number of methoxy groups -OCH3 is 1. The Morgan fingerprint density at radius 2 is 2.21 bits per heavy atom. The molecule has 0 bridgehead atoms. The van der Waals surface area contributed by atoms with E-state index in [-0.39, 0.29) is 0 Å². The minimum atomic E-state index is -0.527. The average molecular weight is 301 g/mol. The largest absolute Gasteiger partial charge is 0.383 e. The van der Waals surface area contributed by atoms with E-state index in [0.717, 1.165) is 0 Å². The SMILES string of the molecule is COCCn1ncc(Cl)c1C(N)c1ncccc1Cl. The molecule has 0 aliphatic rings. The van der Waals surface area contributed by atoms with E-state index in [2.05, 4.69) is 10.1 Å². The lowest BCUT2D eigenvalue weighted by Crippen LogP contribution is -2.20. The average Bonchev–Trinajstić information content (AvgIpc) is 2.77. The summed E-state index contributed by atoms with van der Waals surface area (Å²) in [7, 11) is 1.63. The summed E-state index contributed by atoms with van der Waals surface area (Å²) in [5, 5.41) is 5.18. The van der Waals surface area contributed by atoms with Crippen LogP contribution in [0.5, 0.6) is 0 Å². The molecule has 2 heterocycles. The molecule has 2 aromatic rings. The Bertz CT molecular complexity index is 558. The molecule has 0 radical (unpaired) electrons. The van der Waals surface area contributed by atoms with Crippen LogP contribution in [-0.4, -0.2) is 28.5 Å². The number of hydrogen-bond donors (Lipinski definition) is 1. The van der Waals surface area contributed by atoms with Crippen molar-refractivity contribution in [1.82, 2.24) is 14.8 Å². The smallest absolute Gasteiger partial charge is 0.0927 e. The molecule has 7 heteroatoms. The number of ether oxygens (including phenoxy) is 1. The van der Waals surface area contributed by atoms with Crippen molar-refractivity contribution in [2.75, 3.05) is 13.7 Å². The molecular formula is C12H14Cl2N4O. The minimum Gasteiger partial charge on any atom is -0.383 e. The van der Waals surface area contributed by atoms with Crippen molar-refractivity contribution >= 4 is 23.2 Å². The van der Waals surface area contributed by atoms with E-state index >= 15 is 0 Å². The van der Waals surface area contributed by atoms with Crippen molar-refractivity contribution < 1.29 is 4.74 Å². The van der Waals surface area contributed by atoms with Crippen LogP contribution < -0.4 is 5.73 Å². The predicted octanol–water partition coefficient (Wildman–Crippen LogP) is 2.28. The first-order chi connectivity index (χ1) is 9.15. The van der Waals surface area contributed by atoms with Gasteiger partial charge in [-0.1, -0.05) is 23.2 Å². The summed E-state index contributed by atoms with van der Waals surface area (Å²) in [5.74, 6) is 0. The summed E-state index contributed by atoms with van der Waals surface area (Å²) in [6.07, 6.45) is 3.20. The highest BCUT2D eigenvalue weighted by Gasteiger charge is 2.21. The molecule has 2 N–H and O–H groups in total. The number of rotatable bonds is 5. The van der Waals surface area contributed by atoms with E-state index in [0.29, 0.717) is 34.6 Å². The number of pyridine rings is 1. The molecule has 2 rings (SSSR count). The summed E-state index contributed by atoms with van der Waals surface area (Å²) in [6, 6.07) is 2.97. The first-order valence-corrected chi connectivity index (χ1v) is 6.47. The third-order valence-corrected chi connectivity index (χ3v) is 3.33. The summed E-state index contributed by atoms with van der Waals surface area (Å²) in [4.78, 5) is 4.21. The first kappa shape index (κ1) is 14.3. The number of nitrogens with two attached hydrogens (primary N) is 1. The second-order valence-corrected chi connectivity index (χ2v) is 4.76. The van der Waals surface area contributed by atoms with Gasteiger partial charge in [0.25, 0.3) is 0 Å². The van der Waals surface area contributed by atoms with Crippen LogP contribution in [0.4, 0.5) is 0 Å². The van der Waals surface area contributed by atoms with Gasteiger partial charge < -0.3 is 10.5 Å². The van der Waals surface area contributed by atoms with Crippen molar-refractivity contribution in [3.05, 3.63) is 46.0 Å². The topological polar surface area (TPSA) is 66.0 Å². The number of aromatic nitrogens is 3. The van der Waals surface area contributed by atoms with E-state index in [1.165, 1.54) is 0 Å². The lowest BCUT2D eigenvalue weighted by atomic mass is 10.1. The van der Waals surface area contributed by atoms with Gasteiger partial charge in [0.2, 0.25) is 0 Å². The van der Waals surface area contributed by atoms with E-state index in [4.69, 9.17) is 33.7 Å². The fraction of sp³-hybridized carbons (Fsp3) is 0.333. The fourth-order valence-electron chi connectivity index (χ4n) is 1.79. The highest BCUT2D eigenvalue weighted by molar-refractivity contribution is 6.32. The predicted molar refractivity (Wildman–Crippen MR) is 74.4 cm³/mol. The van der Waals surface area contributed by atoms with Crippen LogP contribution in [0.15, 0.2) is 24.5 Å². The van der Waals surface area contributed by atoms with Gasteiger partial charge in [-0.15, -0.1) is 0 Å². The van der Waals surface area contributed by atoms with Gasteiger partial charge in [-0.3, -0.25) is 9.67 Å². The lowest BCUT2D eigenvalue weighted by molar-refractivity contribution is 0.182. The summed E-state index contributed by atoms with van der Waals surface area (Å²) in [6.45, 7) is 1.09. The summed E-state index contributed by atoms with van der Waals surface area (Å²) >= 11 is 12.3. The van der Waals surface area contributed by atoms with E-state index < -0.39 is 6.04 Å². The second-order valence-electron chi connectivity index (χ2n) is 3.94. The van der Waals surface area contributed by atoms with Crippen molar-refractivity contribution in [2.24, 2.45) is 5.73 Å². The molecule has 0 aliphatic carbocycles. The van der Waals surface area contributed by atoms with E-state index in [9.17, 15) is 0 Å². The monoisotopic (exact) mass is 300 g/mol. The highest BCUT2D eigenvalue weighted by atomic mass is 35.5. The molecule has 0 saturated carbocycles. The maximum absolute atomic E-state index is 6.20. The van der Waals surface area contributed by atoms with Gasteiger partial charge in [-0.05, 0) is 12.1 Å².